The standard InChI is InChI=1S/C9H4Cl2NO/c10-6-1-2-7(8(11)3-6)9-4-12-5-13-9/h1-4H. The highest BCUT2D eigenvalue weighted by Gasteiger charge is 2.06. The van der Waals surface area contributed by atoms with Crippen LogP contribution >= 0.6 is 23.2 Å². The summed E-state index contributed by atoms with van der Waals surface area (Å²) in [6, 6.07) is 5.17. The van der Waals surface area contributed by atoms with E-state index in [9.17, 15) is 0 Å². The van der Waals surface area contributed by atoms with E-state index < -0.39 is 0 Å². The zero-order chi connectivity index (χ0) is 9.26. The Morgan fingerprint density at radius 1 is 1.31 bits per heavy atom. The first kappa shape index (κ1) is 8.60. The molecule has 0 spiro atoms. The molecule has 0 aliphatic rings. The van der Waals surface area contributed by atoms with Crippen LogP contribution in [0.1, 0.15) is 0 Å². The normalized spacial score (nSPS) is 10.3. The van der Waals surface area contributed by atoms with E-state index in [1.165, 1.54) is 0 Å². The Bertz CT molecular complexity index is 412. The van der Waals surface area contributed by atoms with Crippen LogP contribution in [0.15, 0.2) is 28.8 Å². The van der Waals surface area contributed by atoms with E-state index in [2.05, 4.69) is 11.4 Å². The molecule has 0 saturated carbocycles. The van der Waals surface area contributed by atoms with Gasteiger partial charge >= 0.3 is 0 Å². The zero-order valence-electron chi connectivity index (χ0n) is 6.42. The summed E-state index contributed by atoms with van der Waals surface area (Å²) >= 11 is 11.7. The molecule has 1 aromatic carbocycles. The fourth-order valence-electron chi connectivity index (χ4n) is 1.00. The Hall–Kier alpha value is -0.990. The van der Waals surface area contributed by atoms with Gasteiger partial charge in [0.25, 0.3) is 6.39 Å². The fourth-order valence-corrected chi connectivity index (χ4v) is 1.50. The van der Waals surface area contributed by atoms with Crippen molar-refractivity contribution in [2.45, 2.75) is 0 Å². The minimum Gasteiger partial charge on any atom is -0.432 e. The van der Waals surface area contributed by atoms with Crippen LogP contribution in [0.4, 0.5) is 0 Å². The number of oxazole rings is 1. The third-order valence-corrected chi connectivity index (χ3v) is 2.13. The molecule has 0 unspecified atom stereocenters. The van der Waals surface area contributed by atoms with Gasteiger partial charge in [-0.3, -0.25) is 0 Å². The lowest BCUT2D eigenvalue weighted by Crippen LogP contribution is -1.75. The van der Waals surface area contributed by atoms with Crippen LogP contribution in [0.5, 0.6) is 0 Å². The van der Waals surface area contributed by atoms with E-state index in [0.717, 1.165) is 5.56 Å². The smallest absolute Gasteiger partial charge is 0.284 e. The SMILES string of the molecule is Clc1ccc(-c2cn[c]o2)c(Cl)c1. The van der Waals surface area contributed by atoms with Crippen LogP contribution < -0.4 is 0 Å². The van der Waals surface area contributed by atoms with E-state index in [0.29, 0.717) is 15.8 Å². The predicted molar refractivity (Wildman–Crippen MR) is 50.8 cm³/mol. The molecule has 0 fully saturated rings. The van der Waals surface area contributed by atoms with Crippen molar-refractivity contribution in [2.75, 3.05) is 0 Å². The molecule has 1 heterocycles. The van der Waals surface area contributed by atoms with Crippen molar-refractivity contribution in [2.24, 2.45) is 0 Å². The van der Waals surface area contributed by atoms with Gasteiger partial charge in [0.2, 0.25) is 0 Å². The third kappa shape index (κ3) is 1.69. The number of hydrogen-bond donors (Lipinski definition) is 0. The Balaban J connectivity index is 2.53. The van der Waals surface area contributed by atoms with Gasteiger partial charge in [0.05, 0.1) is 11.2 Å². The van der Waals surface area contributed by atoms with Gasteiger partial charge in [0.1, 0.15) is 0 Å². The summed E-state index contributed by atoms with van der Waals surface area (Å²) in [5, 5.41) is 1.13. The largest absolute Gasteiger partial charge is 0.432 e. The van der Waals surface area contributed by atoms with Gasteiger partial charge in [-0.2, -0.15) is 0 Å². The topological polar surface area (TPSA) is 26.0 Å². The van der Waals surface area contributed by atoms with Crippen molar-refractivity contribution < 1.29 is 4.42 Å². The van der Waals surface area contributed by atoms with Crippen molar-refractivity contribution >= 4 is 23.2 Å². The van der Waals surface area contributed by atoms with Crippen molar-refractivity contribution in [1.82, 2.24) is 4.98 Å². The second-order valence-corrected chi connectivity index (χ2v) is 3.28. The quantitative estimate of drug-likeness (QED) is 0.724. The summed E-state index contributed by atoms with van der Waals surface area (Å²) in [5.41, 5.74) is 0.764. The van der Waals surface area contributed by atoms with Crippen LogP contribution in [-0.2, 0) is 0 Å². The number of nitrogens with zero attached hydrogens (tertiary/aromatic N) is 1. The molecule has 1 radical (unpaired) electrons. The fraction of sp³-hybridized carbons (Fsp3) is 0. The summed E-state index contributed by atoms with van der Waals surface area (Å²) in [4.78, 5) is 3.68. The number of halogens is 2. The number of aromatic nitrogens is 1. The molecule has 0 aliphatic heterocycles. The van der Waals surface area contributed by atoms with Gasteiger partial charge in [0, 0.05) is 10.6 Å². The van der Waals surface area contributed by atoms with Crippen molar-refractivity contribution in [1.29, 1.82) is 0 Å². The molecular formula is C9H4Cl2NO. The maximum absolute atomic E-state index is 5.93. The third-order valence-electron chi connectivity index (χ3n) is 1.59. The Morgan fingerprint density at radius 2 is 2.15 bits per heavy atom. The summed E-state index contributed by atoms with van der Waals surface area (Å²) in [6.45, 7) is 0. The van der Waals surface area contributed by atoms with E-state index >= 15 is 0 Å². The highest BCUT2D eigenvalue weighted by molar-refractivity contribution is 6.36. The van der Waals surface area contributed by atoms with E-state index in [1.807, 2.05) is 0 Å². The lowest BCUT2D eigenvalue weighted by molar-refractivity contribution is 0.562. The first-order valence-electron chi connectivity index (χ1n) is 3.54. The van der Waals surface area contributed by atoms with Crippen molar-refractivity contribution in [3.8, 4) is 11.3 Å². The Labute approximate surface area is 85.1 Å². The van der Waals surface area contributed by atoms with Gasteiger partial charge in [-0.15, -0.1) is 0 Å². The molecule has 0 N–H and O–H groups in total. The molecule has 0 aliphatic carbocycles. The highest BCUT2D eigenvalue weighted by Crippen LogP contribution is 2.29. The monoisotopic (exact) mass is 212 g/mol. The van der Waals surface area contributed by atoms with Gasteiger partial charge in [-0.25, -0.2) is 4.98 Å². The second kappa shape index (κ2) is 3.40. The van der Waals surface area contributed by atoms with E-state index in [1.54, 1.807) is 24.4 Å². The Kier molecular flexibility index (Phi) is 2.25. The zero-order valence-corrected chi connectivity index (χ0v) is 7.93. The van der Waals surface area contributed by atoms with Gasteiger partial charge in [0.15, 0.2) is 5.76 Å². The van der Waals surface area contributed by atoms with Gasteiger partial charge in [-0.05, 0) is 18.2 Å². The second-order valence-electron chi connectivity index (χ2n) is 2.44. The predicted octanol–water partition coefficient (Wildman–Crippen LogP) is 3.45. The molecule has 65 valence electrons. The van der Waals surface area contributed by atoms with Crippen molar-refractivity contribution in [3.63, 3.8) is 0 Å². The summed E-state index contributed by atoms with van der Waals surface area (Å²) in [5.74, 6) is 0.585. The minimum atomic E-state index is 0.539. The Morgan fingerprint density at radius 3 is 2.77 bits per heavy atom. The van der Waals surface area contributed by atoms with Crippen molar-refractivity contribution in [3.05, 3.63) is 40.8 Å². The van der Waals surface area contributed by atoms with Gasteiger partial charge in [-0.1, -0.05) is 23.2 Å². The lowest BCUT2D eigenvalue weighted by atomic mass is 10.2. The molecule has 0 atom stereocenters. The first-order valence-corrected chi connectivity index (χ1v) is 4.30. The molecule has 2 nitrogen and oxygen atoms in total. The molecule has 4 heteroatoms. The van der Waals surface area contributed by atoms with Crippen LogP contribution in [0, 0.1) is 6.39 Å². The van der Waals surface area contributed by atoms with Crippen LogP contribution in [0.2, 0.25) is 10.0 Å². The average molecular weight is 213 g/mol. The van der Waals surface area contributed by atoms with Crippen LogP contribution in [-0.4, -0.2) is 4.98 Å². The molecule has 2 aromatic rings. The molecule has 0 bridgehead atoms. The summed E-state index contributed by atoms with van der Waals surface area (Å²) < 4.78 is 4.98. The van der Waals surface area contributed by atoms with E-state index in [-0.39, 0.29) is 0 Å². The molecule has 2 rings (SSSR count). The van der Waals surface area contributed by atoms with Crippen LogP contribution in [0.25, 0.3) is 11.3 Å². The molecule has 0 saturated heterocycles. The molecule has 0 amide bonds. The van der Waals surface area contributed by atoms with Gasteiger partial charge < -0.3 is 4.42 Å². The maximum atomic E-state index is 5.93. The number of hydrogen-bond acceptors (Lipinski definition) is 2. The number of rotatable bonds is 1. The average Bonchev–Trinajstić information content (AvgIpc) is 2.56. The molecule has 13 heavy (non-hydrogen) atoms. The van der Waals surface area contributed by atoms with E-state index in [4.69, 9.17) is 27.6 Å². The maximum Gasteiger partial charge on any atom is 0.284 e. The minimum absolute atomic E-state index is 0.539. The first-order chi connectivity index (χ1) is 6.27. The molecule has 1 aromatic heterocycles. The number of benzene rings is 1. The highest BCUT2D eigenvalue weighted by atomic mass is 35.5. The lowest BCUT2D eigenvalue weighted by Gasteiger charge is -1.99. The van der Waals surface area contributed by atoms with Crippen LogP contribution in [0.3, 0.4) is 0 Å². The summed E-state index contributed by atoms with van der Waals surface area (Å²) in [6.07, 6.45) is 3.90. The summed E-state index contributed by atoms with van der Waals surface area (Å²) in [7, 11) is 0. The molecular weight excluding hydrogens is 209 g/mol.